The van der Waals surface area contributed by atoms with E-state index in [1.165, 1.54) is 6.07 Å². The zero-order valence-corrected chi connectivity index (χ0v) is 11.3. The lowest BCUT2D eigenvalue weighted by molar-refractivity contribution is 0.284. The fourth-order valence-electron chi connectivity index (χ4n) is 2.02. The quantitative estimate of drug-likeness (QED) is 0.683. The summed E-state index contributed by atoms with van der Waals surface area (Å²) in [5.74, 6) is -0.00962. The first kappa shape index (κ1) is 12.9. The lowest BCUT2D eigenvalue weighted by Crippen LogP contribution is -2.00. The number of alkyl halides is 1. The number of aromatic nitrogens is 2. The fraction of sp³-hybridized carbons (Fsp3) is 0.133. The van der Waals surface area contributed by atoms with E-state index in [-0.39, 0.29) is 18.2 Å². The van der Waals surface area contributed by atoms with Gasteiger partial charge in [-0.05, 0) is 18.2 Å². The molecular formula is C15H12ClFN2O. The third-order valence-electron chi connectivity index (χ3n) is 2.97. The molecule has 0 bridgehead atoms. The van der Waals surface area contributed by atoms with Crippen molar-refractivity contribution in [1.82, 2.24) is 9.38 Å². The summed E-state index contributed by atoms with van der Waals surface area (Å²) in [5.41, 5.74) is 2.20. The van der Waals surface area contributed by atoms with Crippen molar-refractivity contribution in [3.63, 3.8) is 0 Å². The summed E-state index contributed by atoms with van der Waals surface area (Å²) in [6.07, 6.45) is 3.76. The average Bonchev–Trinajstić information content (AvgIpc) is 2.88. The molecule has 2 aromatic heterocycles. The van der Waals surface area contributed by atoms with Crippen LogP contribution in [-0.4, -0.2) is 9.38 Å². The Morgan fingerprint density at radius 1 is 1.20 bits per heavy atom. The van der Waals surface area contributed by atoms with Crippen LogP contribution in [0.3, 0.4) is 0 Å². The van der Waals surface area contributed by atoms with Crippen LogP contribution in [0.4, 0.5) is 4.39 Å². The summed E-state index contributed by atoms with van der Waals surface area (Å²) in [7, 11) is 0. The number of hydrogen-bond acceptors (Lipinski definition) is 2. The van der Waals surface area contributed by atoms with Gasteiger partial charge < -0.3 is 9.14 Å². The number of halogens is 2. The van der Waals surface area contributed by atoms with Gasteiger partial charge in [0.1, 0.15) is 12.3 Å². The first-order valence-electron chi connectivity index (χ1n) is 6.16. The van der Waals surface area contributed by atoms with E-state index in [0.717, 1.165) is 11.3 Å². The molecule has 0 aliphatic heterocycles. The number of imidazole rings is 1. The molecule has 2 heterocycles. The highest BCUT2D eigenvalue weighted by atomic mass is 35.5. The second-order valence-electron chi connectivity index (χ2n) is 4.35. The van der Waals surface area contributed by atoms with Crippen molar-refractivity contribution in [3.8, 4) is 5.75 Å². The minimum Gasteiger partial charge on any atom is -0.484 e. The van der Waals surface area contributed by atoms with Gasteiger partial charge in [0.05, 0.1) is 11.6 Å². The van der Waals surface area contributed by atoms with Gasteiger partial charge in [-0.15, -0.1) is 11.6 Å². The van der Waals surface area contributed by atoms with Gasteiger partial charge in [-0.3, -0.25) is 0 Å². The number of ether oxygens (including phenoxy) is 1. The molecule has 0 unspecified atom stereocenters. The Balaban J connectivity index is 1.82. The molecule has 0 radical (unpaired) electrons. The Bertz CT molecular complexity index is 709. The van der Waals surface area contributed by atoms with E-state index in [1.54, 1.807) is 12.1 Å². The molecule has 102 valence electrons. The summed E-state index contributed by atoms with van der Waals surface area (Å²) >= 11 is 5.78. The molecule has 0 amide bonds. The third kappa shape index (κ3) is 2.47. The Morgan fingerprint density at radius 3 is 2.90 bits per heavy atom. The van der Waals surface area contributed by atoms with Crippen LogP contribution in [0.2, 0.25) is 0 Å². The summed E-state index contributed by atoms with van der Waals surface area (Å²) in [6.45, 7) is 0.201. The molecule has 0 atom stereocenters. The number of fused-ring (bicyclic) bond motifs is 1. The first-order valence-corrected chi connectivity index (χ1v) is 6.70. The molecule has 5 heteroatoms. The van der Waals surface area contributed by atoms with E-state index >= 15 is 0 Å². The highest BCUT2D eigenvalue weighted by Gasteiger charge is 2.10. The van der Waals surface area contributed by atoms with E-state index in [9.17, 15) is 4.39 Å². The molecule has 1 aromatic carbocycles. The third-order valence-corrected chi connectivity index (χ3v) is 3.26. The molecule has 3 nitrogen and oxygen atoms in total. The van der Waals surface area contributed by atoms with Gasteiger partial charge in [0.2, 0.25) is 0 Å². The van der Waals surface area contributed by atoms with E-state index in [2.05, 4.69) is 4.98 Å². The summed E-state index contributed by atoms with van der Waals surface area (Å²) in [6, 6.07) is 10.4. The molecule has 0 spiro atoms. The Hall–Kier alpha value is -2.07. The monoisotopic (exact) mass is 290 g/mol. The van der Waals surface area contributed by atoms with Crippen LogP contribution in [0.15, 0.2) is 48.8 Å². The van der Waals surface area contributed by atoms with Crippen molar-refractivity contribution in [1.29, 1.82) is 0 Å². The van der Waals surface area contributed by atoms with Gasteiger partial charge in [-0.25, -0.2) is 9.37 Å². The predicted octanol–water partition coefficient (Wildman–Crippen LogP) is 3.79. The van der Waals surface area contributed by atoms with E-state index in [4.69, 9.17) is 16.3 Å². The van der Waals surface area contributed by atoms with Crippen LogP contribution in [0, 0.1) is 5.82 Å². The molecular weight excluding hydrogens is 279 g/mol. The van der Waals surface area contributed by atoms with Crippen molar-refractivity contribution in [2.45, 2.75) is 12.5 Å². The fourth-order valence-corrected chi connectivity index (χ4v) is 2.23. The van der Waals surface area contributed by atoms with Crippen LogP contribution in [0.5, 0.6) is 5.75 Å². The second kappa shape index (κ2) is 5.51. The Morgan fingerprint density at radius 2 is 2.10 bits per heavy atom. The van der Waals surface area contributed by atoms with Crippen molar-refractivity contribution in [2.24, 2.45) is 0 Å². The van der Waals surface area contributed by atoms with Crippen LogP contribution >= 0.6 is 11.6 Å². The number of nitrogens with zero attached hydrogens (tertiary/aromatic N) is 2. The maximum absolute atomic E-state index is 13.7. The molecule has 3 aromatic rings. The number of rotatable bonds is 4. The van der Waals surface area contributed by atoms with Crippen LogP contribution in [0.1, 0.15) is 11.3 Å². The first-order chi connectivity index (χ1) is 9.78. The van der Waals surface area contributed by atoms with Crippen molar-refractivity contribution in [2.75, 3.05) is 0 Å². The number of para-hydroxylation sites is 1. The smallest absolute Gasteiger partial charge is 0.165 e. The zero-order chi connectivity index (χ0) is 13.9. The van der Waals surface area contributed by atoms with Gasteiger partial charge in [-0.1, -0.05) is 18.2 Å². The normalized spacial score (nSPS) is 10.9. The van der Waals surface area contributed by atoms with Gasteiger partial charge in [0.25, 0.3) is 0 Å². The maximum Gasteiger partial charge on any atom is 0.165 e. The van der Waals surface area contributed by atoms with Gasteiger partial charge >= 0.3 is 0 Å². The number of benzene rings is 1. The standard InChI is InChI=1S/C15H12ClFN2O/c16-8-11-4-3-5-13(17)15(11)20-10-12-9-19-7-2-1-6-14(19)18-12/h1-7,9H,8,10H2. The van der Waals surface area contributed by atoms with Crippen molar-refractivity contribution < 1.29 is 9.13 Å². The zero-order valence-electron chi connectivity index (χ0n) is 10.6. The highest BCUT2D eigenvalue weighted by molar-refractivity contribution is 6.17. The van der Waals surface area contributed by atoms with E-state index in [0.29, 0.717) is 5.56 Å². The number of hydrogen-bond donors (Lipinski definition) is 0. The van der Waals surface area contributed by atoms with Gasteiger partial charge in [0.15, 0.2) is 11.6 Å². The largest absolute Gasteiger partial charge is 0.484 e. The molecule has 0 aliphatic carbocycles. The molecule has 0 saturated carbocycles. The molecule has 3 rings (SSSR count). The SMILES string of the molecule is Fc1cccc(CCl)c1OCc1cn2ccccc2n1. The van der Waals surface area contributed by atoms with Gasteiger partial charge in [0, 0.05) is 18.0 Å². The van der Waals surface area contributed by atoms with E-state index in [1.807, 2.05) is 35.0 Å². The summed E-state index contributed by atoms with van der Waals surface area (Å²) in [4.78, 5) is 4.40. The molecule has 0 aliphatic rings. The van der Waals surface area contributed by atoms with Crippen LogP contribution < -0.4 is 4.74 Å². The minimum absolute atomic E-state index is 0.194. The molecule has 0 N–H and O–H groups in total. The lowest BCUT2D eigenvalue weighted by atomic mass is 10.2. The molecule has 20 heavy (non-hydrogen) atoms. The lowest BCUT2D eigenvalue weighted by Gasteiger charge is -2.09. The number of pyridine rings is 1. The predicted molar refractivity (Wildman–Crippen MR) is 75.5 cm³/mol. The van der Waals surface area contributed by atoms with Crippen LogP contribution in [-0.2, 0) is 12.5 Å². The Labute approximate surface area is 120 Å². The second-order valence-corrected chi connectivity index (χ2v) is 4.62. The molecule has 0 saturated heterocycles. The van der Waals surface area contributed by atoms with Gasteiger partial charge in [-0.2, -0.15) is 0 Å². The van der Waals surface area contributed by atoms with Crippen molar-refractivity contribution in [3.05, 3.63) is 65.9 Å². The van der Waals surface area contributed by atoms with E-state index < -0.39 is 5.82 Å². The van der Waals surface area contributed by atoms with Crippen molar-refractivity contribution >= 4 is 17.2 Å². The minimum atomic E-state index is -0.410. The summed E-state index contributed by atoms with van der Waals surface area (Å²) < 4.78 is 21.2. The van der Waals surface area contributed by atoms with Crippen LogP contribution in [0.25, 0.3) is 5.65 Å². The average molecular weight is 291 g/mol. The highest BCUT2D eigenvalue weighted by Crippen LogP contribution is 2.25. The topological polar surface area (TPSA) is 26.5 Å². The molecule has 0 fully saturated rings. The maximum atomic E-state index is 13.7. The Kier molecular flexibility index (Phi) is 3.56. The summed E-state index contributed by atoms with van der Waals surface area (Å²) in [5, 5.41) is 0.